The van der Waals surface area contributed by atoms with E-state index in [0.717, 1.165) is 54.4 Å². The third-order valence-corrected chi connectivity index (χ3v) is 6.16. The number of carbonyl (C=O) groups is 1. The number of hydrogen-bond donors (Lipinski definition) is 0. The van der Waals surface area contributed by atoms with E-state index >= 15 is 0 Å². The molecule has 1 aliphatic heterocycles. The summed E-state index contributed by atoms with van der Waals surface area (Å²) in [5, 5.41) is 11.0. The van der Waals surface area contributed by atoms with Crippen molar-refractivity contribution in [3.8, 4) is 0 Å². The lowest BCUT2D eigenvalue weighted by atomic mass is 9.92. The smallest absolute Gasteiger partial charge is 0.230 e. The zero-order chi connectivity index (χ0) is 18.5. The number of amides is 1. The Morgan fingerprint density at radius 1 is 1.27 bits per heavy atom. The first-order valence-electron chi connectivity index (χ1n) is 9.74. The Bertz CT molecular complexity index is 713. The second-order valence-electron chi connectivity index (χ2n) is 7.63. The molecule has 1 saturated heterocycles. The van der Waals surface area contributed by atoms with Gasteiger partial charge in [-0.3, -0.25) is 4.79 Å². The summed E-state index contributed by atoms with van der Waals surface area (Å²) in [5.74, 6) is 1.15. The average molecular weight is 372 g/mol. The molecule has 0 N–H and O–H groups in total. The molecule has 2 aromatic rings. The quantitative estimate of drug-likeness (QED) is 0.743. The van der Waals surface area contributed by atoms with Crippen LogP contribution in [0.5, 0.6) is 0 Å². The summed E-state index contributed by atoms with van der Waals surface area (Å²) >= 11 is 1.73. The van der Waals surface area contributed by atoms with Crippen LogP contribution < -0.4 is 0 Å². The van der Waals surface area contributed by atoms with E-state index in [0.29, 0.717) is 11.8 Å². The van der Waals surface area contributed by atoms with Gasteiger partial charge in [-0.2, -0.15) is 0 Å². The van der Waals surface area contributed by atoms with E-state index < -0.39 is 0 Å². The Labute approximate surface area is 160 Å². The summed E-state index contributed by atoms with van der Waals surface area (Å²) in [6.45, 7) is 8.14. The van der Waals surface area contributed by atoms with Crippen molar-refractivity contribution in [2.24, 2.45) is 5.92 Å². The van der Waals surface area contributed by atoms with E-state index in [1.54, 1.807) is 11.3 Å². The van der Waals surface area contributed by atoms with Crippen LogP contribution in [0.1, 0.15) is 67.4 Å². The number of piperidine rings is 1. The van der Waals surface area contributed by atoms with Gasteiger partial charge in [-0.1, -0.05) is 51.1 Å². The molecular formula is C21H29N3OS. The van der Waals surface area contributed by atoms with E-state index in [1.165, 1.54) is 0 Å². The third kappa shape index (κ3) is 4.50. The van der Waals surface area contributed by atoms with Gasteiger partial charge in [0, 0.05) is 25.4 Å². The van der Waals surface area contributed by atoms with Crippen LogP contribution in [0.25, 0.3) is 0 Å². The molecular weight excluding hydrogens is 342 g/mol. The summed E-state index contributed by atoms with van der Waals surface area (Å²) in [6, 6.07) is 10.2. The van der Waals surface area contributed by atoms with E-state index in [4.69, 9.17) is 0 Å². The standard InChI is InChI=1S/C21H29N3OS/c1-4-18(16-9-6-5-7-10-16)21(25)24-12-8-11-17(14-24)20-23-22-19(26-20)13-15(2)3/h5-7,9-10,15,17-18H,4,8,11-14H2,1-3H3. The fraction of sp³-hybridized carbons (Fsp3) is 0.571. The minimum Gasteiger partial charge on any atom is -0.341 e. The van der Waals surface area contributed by atoms with Crippen LogP contribution >= 0.6 is 11.3 Å². The molecule has 1 aromatic carbocycles. The molecule has 26 heavy (non-hydrogen) atoms. The Kier molecular flexibility index (Phi) is 6.41. The molecule has 2 atom stereocenters. The lowest BCUT2D eigenvalue weighted by molar-refractivity contribution is -0.134. The van der Waals surface area contributed by atoms with Gasteiger partial charge in [0.1, 0.15) is 10.0 Å². The molecule has 4 nitrogen and oxygen atoms in total. The predicted octanol–water partition coefficient (Wildman–Crippen LogP) is 4.64. The number of carbonyl (C=O) groups excluding carboxylic acids is 1. The van der Waals surface area contributed by atoms with Crippen molar-refractivity contribution in [1.82, 2.24) is 15.1 Å². The van der Waals surface area contributed by atoms with Gasteiger partial charge < -0.3 is 4.90 Å². The summed E-state index contributed by atoms with van der Waals surface area (Å²) in [5.41, 5.74) is 1.12. The Morgan fingerprint density at radius 3 is 2.73 bits per heavy atom. The Morgan fingerprint density at radius 2 is 2.04 bits per heavy atom. The van der Waals surface area contributed by atoms with Gasteiger partial charge in [0.15, 0.2) is 0 Å². The van der Waals surface area contributed by atoms with E-state index in [1.807, 2.05) is 18.2 Å². The SMILES string of the molecule is CCC(C(=O)N1CCCC(c2nnc(CC(C)C)s2)C1)c1ccccc1. The minimum atomic E-state index is -0.0409. The molecule has 0 bridgehead atoms. The number of likely N-dealkylation sites (tertiary alicyclic amines) is 1. The number of hydrogen-bond acceptors (Lipinski definition) is 4. The van der Waals surface area contributed by atoms with Crippen LogP contribution in [-0.4, -0.2) is 34.1 Å². The van der Waals surface area contributed by atoms with Crippen LogP contribution in [0.15, 0.2) is 30.3 Å². The predicted molar refractivity (Wildman–Crippen MR) is 106 cm³/mol. The van der Waals surface area contributed by atoms with Crippen LogP contribution in [0.2, 0.25) is 0 Å². The zero-order valence-corrected chi connectivity index (χ0v) is 16.8. The normalized spacial score (nSPS) is 18.9. The van der Waals surface area contributed by atoms with E-state index in [2.05, 4.69) is 48.0 Å². The first-order chi connectivity index (χ1) is 12.6. The first-order valence-corrected chi connectivity index (χ1v) is 10.6. The van der Waals surface area contributed by atoms with Crippen molar-refractivity contribution < 1.29 is 4.79 Å². The van der Waals surface area contributed by atoms with Gasteiger partial charge in [-0.25, -0.2) is 0 Å². The molecule has 0 saturated carbocycles. The van der Waals surface area contributed by atoms with Crippen molar-refractivity contribution in [2.75, 3.05) is 13.1 Å². The Hall–Kier alpha value is -1.75. The van der Waals surface area contributed by atoms with Crippen molar-refractivity contribution in [3.05, 3.63) is 45.9 Å². The number of rotatable bonds is 6. The van der Waals surface area contributed by atoms with Gasteiger partial charge in [0.05, 0.1) is 5.92 Å². The lowest BCUT2D eigenvalue weighted by Gasteiger charge is -2.34. The highest BCUT2D eigenvalue weighted by Crippen LogP contribution is 2.32. The van der Waals surface area contributed by atoms with Crippen LogP contribution in [0, 0.1) is 5.92 Å². The topological polar surface area (TPSA) is 46.1 Å². The zero-order valence-electron chi connectivity index (χ0n) is 16.0. The summed E-state index contributed by atoms with van der Waals surface area (Å²) in [6.07, 6.45) is 3.96. The Balaban J connectivity index is 1.69. The van der Waals surface area contributed by atoms with Gasteiger partial charge in [0.25, 0.3) is 0 Å². The molecule has 0 radical (unpaired) electrons. The molecule has 3 rings (SSSR count). The molecule has 1 aromatic heterocycles. The largest absolute Gasteiger partial charge is 0.341 e. The maximum absolute atomic E-state index is 13.2. The molecule has 1 fully saturated rings. The summed E-state index contributed by atoms with van der Waals surface area (Å²) in [7, 11) is 0. The average Bonchev–Trinajstić information content (AvgIpc) is 3.11. The number of nitrogens with zero attached hydrogens (tertiary/aromatic N) is 3. The highest BCUT2D eigenvalue weighted by atomic mass is 32.1. The van der Waals surface area contributed by atoms with Crippen LogP contribution in [-0.2, 0) is 11.2 Å². The molecule has 1 amide bonds. The van der Waals surface area contributed by atoms with Crippen LogP contribution in [0.3, 0.4) is 0 Å². The van der Waals surface area contributed by atoms with Crippen molar-refractivity contribution in [2.45, 2.75) is 58.3 Å². The fourth-order valence-electron chi connectivity index (χ4n) is 3.70. The molecule has 140 valence electrons. The van der Waals surface area contributed by atoms with Crippen molar-refractivity contribution in [3.63, 3.8) is 0 Å². The van der Waals surface area contributed by atoms with Crippen molar-refractivity contribution in [1.29, 1.82) is 0 Å². The van der Waals surface area contributed by atoms with Crippen molar-refractivity contribution >= 4 is 17.2 Å². The summed E-state index contributed by atoms with van der Waals surface area (Å²) < 4.78 is 0. The molecule has 0 spiro atoms. The van der Waals surface area contributed by atoms with E-state index in [-0.39, 0.29) is 11.8 Å². The lowest BCUT2D eigenvalue weighted by Crippen LogP contribution is -2.41. The van der Waals surface area contributed by atoms with Gasteiger partial charge >= 0.3 is 0 Å². The highest BCUT2D eigenvalue weighted by molar-refractivity contribution is 7.11. The maximum Gasteiger partial charge on any atom is 0.230 e. The monoisotopic (exact) mass is 371 g/mol. The molecule has 2 heterocycles. The summed E-state index contributed by atoms with van der Waals surface area (Å²) in [4.78, 5) is 15.2. The second kappa shape index (κ2) is 8.76. The molecule has 0 aliphatic carbocycles. The fourth-order valence-corrected chi connectivity index (χ4v) is 4.88. The van der Waals surface area contributed by atoms with E-state index in [9.17, 15) is 4.79 Å². The van der Waals surface area contributed by atoms with Gasteiger partial charge in [-0.05, 0) is 30.7 Å². The first kappa shape index (κ1) is 19.0. The molecule has 1 aliphatic rings. The maximum atomic E-state index is 13.2. The van der Waals surface area contributed by atoms with Gasteiger partial charge in [-0.15, -0.1) is 21.5 Å². The number of benzene rings is 1. The number of aromatic nitrogens is 2. The molecule has 5 heteroatoms. The second-order valence-corrected chi connectivity index (χ2v) is 8.72. The van der Waals surface area contributed by atoms with Gasteiger partial charge in [0.2, 0.25) is 5.91 Å². The minimum absolute atomic E-state index is 0.0409. The highest BCUT2D eigenvalue weighted by Gasteiger charge is 2.31. The third-order valence-electron chi connectivity index (χ3n) is 5.06. The van der Waals surface area contributed by atoms with Crippen LogP contribution in [0.4, 0.5) is 0 Å². The molecule has 2 unspecified atom stereocenters.